The lowest BCUT2D eigenvalue weighted by Gasteiger charge is -2.39. The Bertz CT molecular complexity index is 1480. The summed E-state index contributed by atoms with van der Waals surface area (Å²) in [4.78, 5) is 29.8. The van der Waals surface area contributed by atoms with Gasteiger partial charge in [0, 0.05) is 24.2 Å². The molecule has 8 heteroatoms. The molecule has 0 aliphatic carbocycles. The second-order valence-electron chi connectivity index (χ2n) is 9.75. The van der Waals surface area contributed by atoms with Crippen LogP contribution in [-0.2, 0) is 20.5 Å². The topological polar surface area (TPSA) is 95.0 Å². The maximum absolute atomic E-state index is 14.2. The fourth-order valence-electron chi connectivity index (χ4n) is 5.25. The zero-order chi connectivity index (χ0) is 26.9. The molecule has 2 aliphatic heterocycles. The number of hydrogen-bond donors (Lipinski definition) is 1. The zero-order valence-corrected chi connectivity index (χ0v) is 22.0. The number of sulfonamides is 1. The molecular formula is C30H30N2O5S. The maximum Gasteiger partial charge on any atom is 0.276 e. The van der Waals surface area contributed by atoms with Crippen LogP contribution in [0.2, 0.25) is 0 Å². The first kappa shape index (κ1) is 25.9. The predicted molar refractivity (Wildman–Crippen MR) is 143 cm³/mol. The van der Waals surface area contributed by atoms with Gasteiger partial charge in [-0.1, -0.05) is 91.2 Å². The molecule has 3 aromatic carbocycles. The van der Waals surface area contributed by atoms with Gasteiger partial charge in [0.05, 0.1) is 10.6 Å². The summed E-state index contributed by atoms with van der Waals surface area (Å²) in [6.45, 7) is 2.80. The van der Waals surface area contributed by atoms with Crippen molar-refractivity contribution in [2.24, 2.45) is 0 Å². The molecule has 1 N–H and O–H groups in total. The van der Waals surface area contributed by atoms with Gasteiger partial charge in [-0.15, -0.1) is 0 Å². The van der Waals surface area contributed by atoms with Crippen LogP contribution in [0, 0.1) is 6.92 Å². The molecule has 1 atom stereocenters. The maximum atomic E-state index is 14.2. The molecule has 2 heterocycles. The number of likely N-dealkylation sites (tertiary alicyclic amines) is 1. The monoisotopic (exact) mass is 530 g/mol. The Morgan fingerprint density at radius 3 is 1.95 bits per heavy atom. The van der Waals surface area contributed by atoms with Gasteiger partial charge >= 0.3 is 0 Å². The van der Waals surface area contributed by atoms with Crippen molar-refractivity contribution < 1.29 is 23.1 Å². The van der Waals surface area contributed by atoms with E-state index in [1.807, 2.05) is 11.8 Å². The molecule has 0 saturated carbocycles. The number of hydrogen-bond acceptors (Lipinski definition) is 6. The molecule has 196 valence electrons. The zero-order valence-electron chi connectivity index (χ0n) is 21.2. The van der Waals surface area contributed by atoms with Crippen LogP contribution in [0.15, 0.2) is 101 Å². The van der Waals surface area contributed by atoms with Crippen LogP contribution in [0.5, 0.6) is 0 Å². The number of nitrogens with zero attached hydrogens (tertiary/aromatic N) is 2. The van der Waals surface area contributed by atoms with Crippen molar-refractivity contribution in [3.8, 4) is 0 Å². The minimum atomic E-state index is -4.58. The minimum Gasteiger partial charge on any atom is -0.370 e. The van der Waals surface area contributed by atoms with Gasteiger partial charge in [-0.25, -0.2) is 8.42 Å². The summed E-state index contributed by atoms with van der Waals surface area (Å²) >= 11 is 0. The van der Waals surface area contributed by atoms with E-state index in [4.69, 9.17) is 0 Å². The van der Waals surface area contributed by atoms with E-state index in [9.17, 15) is 23.1 Å². The van der Waals surface area contributed by atoms with Gasteiger partial charge in [-0.3, -0.25) is 9.59 Å². The van der Waals surface area contributed by atoms with Crippen LogP contribution in [-0.4, -0.2) is 47.5 Å². The van der Waals surface area contributed by atoms with Crippen LogP contribution < -0.4 is 0 Å². The standard InChI is InChI=1S/C30H30N2O5S/c1-22-16-18-25(19-17-22)38(36,37)32-29(34)26(27(33)23-12-6-4-7-13-23)28(31-20-10-2-3-11-21-31)30(32,35)24-14-8-5-9-15-24/h4-9,12-19,35H,2-3,10-11,20-21H2,1H3. The van der Waals surface area contributed by atoms with Crippen LogP contribution in [0.4, 0.5) is 0 Å². The van der Waals surface area contributed by atoms with E-state index in [2.05, 4.69) is 0 Å². The minimum absolute atomic E-state index is 0.0279. The summed E-state index contributed by atoms with van der Waals surface area (Å²) in [6.07, 6.45) is 3.52. The van der Waals surface area contributed by atoms with E-state index in [0.29, 0.717) is 17.4 Å². The normalized spacial score (nSPS) is 20.5. The van der Waals surface area contributed by atoms with Crippen LogP contribution in [0.3, 0.4) is 0 Å². The molecule has 0 aromatic heterocycles. The largest absolute Gasteiger partial charge is 0.370 e. The quantitative estimate of drug-likeness (QED) is 0.375. The van der Waals surface area contributed by atoms with Crippen molar-refractivity contribution in [1.29, 1.82) is 0 Å². The molecule has 1 amide bonds. The van der Waals surface area contributed by atoms with E-state index in [1.54, 1.807) is 72.8 Å². The van der Waals surface area contributed by atoms with Gasteiger partial charge in [-0.2, -0.15) is 4.31 Å². The summed E-state index contributed by atoms with van der Waals surface area (Å²) < 4.78 is 28.8. The van der Waals surface area contributed by atoms with Crippen molar-refractivity contribution in [2.45, 2.75) is 43.2 Å². The van der Waals surface area contributed by atoms with E-state index in [1.165, 1.54) is 12.1 Å². The smallest absolute Gasteiger partial charge is 0.276 e. The Morgan fingerprint density at radius 1 is 0.816 bits per heavy atom. The molecule has 38 heavy (non-hydrogen) atoms. The lowest BCUT2D eigenvalue weighted by atomic mass is 9.95. The van der Waals surface area contributed by atoms with Crippen molar-refractivity contribution in [3.05, 3.63) is 113 Å². The van der Waals surface area contributed by atoms with Gasteiger partial charge in [-0.05, 0) is 31.9 Å². The highest BCUT2D eigenvalue weighted by Crippen LogP contribution is 2.47. The molecule has 7 nitrogen and oxygen atoms in total. The van der Waals surface area contributed by atoms with Gasteiger partial charge in [0.15, 0.2) is 0 Å². The third kappa shape index (κ3) is 4.33. The molecule has 0 radical (unpaired) electrons. The molecule has 0 bridgehead atoms. The Labute approximate surface area is 223 Å². The number of amides is 1. The SMILES string of the molecule is Cc1ccc(S(=O)(=O)N2C(=O)C(C(=O)c3ccccc3)=C(N3CCCCCC3)C2(O)c2ccccc2)cc1. The second kappa shape index (κ2) is 10.2. The number of aliphatic hydroxyl groups is 1. The highest BCUT2D eigenvalue weighted by Gasteiger charge is 2.60. The first-order valence-electron chi connectivity index (χ1n) is 12.8. The molecule has 1 unspecified atom stereocenters. The molecule has 1 saturated heterocycles. The van der Waals surface area contributed by atoms with Crippen molar-refractivity contribution in [1.82, 2.24) is 9.21 Å². The fraction of sp³-hybridized carbons (Fsp3) is 0.267. The van der Waals surface area contributed by atoms with E-state index < -0.39 is 27.4 Å². The van der Waals surface area contributed by atoms with Gasteiger partial charge in [0.1, 0.15) is 5.57 Å². The number of ketones is 1. The van der Waals surface area contributed by atoms with E-state index >= 15 is 0 Å². The van der Waals surface area contributed by atoms with Crippen molar-refractivity contribution in [3.63, 3.8) is 0 Å². The first-order valence-corrected chi connectivity index (χ1v) is 14.2. The molecule has 5 rings (SSSR count). The summed E-state index contributed by atoms with van der Waals surface area (Å²) in [7, 11) is -4.58. The lowest BCUT2D eigenvalue weighted by Crippen LogP contribution is -2.51. The number of rotatable bonds is 6. The second-order valence-corrected chi connectivity index (χ2v) is 11.5. The summed E-state index contributed by atoms with van der Waals surface area (Å²) in [5, 5.41) is 12.6. The van der Waals surface area contributed by atoms with E-state index in [0.717, 1.165) is 31.2 Å². The third-order valence-corrected chi connectivity index (χ3v) is 8.96. The Kier molecular flexibility index (Phi) is 6.94. The average molecular weight is 531 g/mol. The fourth-order valence-corrected chi connectivity index (χ4v) is 6.80. The van der Waals surface area contributed by atoms with Gasteiger partial charge in [0.2, 0.25) is 11.5 Å². The van der Waals surface area contributed by atoms with Crippen LogP contribution in [0.25, 0.3) is 0 Å². The van der Waals surface area contributed by atoms with Crippen LogP contribution in [0.1, 0.15) is 47.2 Å². The molecule has 2 aliphatic rings. The van der Waals surface area contributed by atoms with Crippen molar-refractivity contribution >= 4 is 21.7 Å². The molecule has 1 fully saturated rings. The summed E-state index contributed by atoms with van der Waals surface area (Å²) in [5.74, 6) is -1.66. The number of aryl methyl sites for hydroxylation is 1. The molecule has 3 aromatic rings. The van der Waals surface area contributed by atoms with Crippen molar-refractivity contribution in [2.75, 3.05) is 13.1 Å². The number of carbonyl (C=O) groups excluding carboxylic acids is 2. The number of carbonyl (C=O) groups is 2. The Morgan fingerprint density at radius 2 is 1.37 bits per heavy atom. The molecular weight excluding hydrogens is 500 g/mol. The first-order chi connectivity index (χ1) is 18.3. The Balaban J connectivity index is 1.80. The number of Topliss-reactive ketones (excluding diaryl/α,β-unsaturated/α-hetero) is 1. The van der Waals surface area contributed by atoms with E-state index in [-0.39, 0.29) is 27.3 Å². The van der Waals surface area contributed by atoms with Gasteiger partial charge in [0.25, 0.3) is 15.9 Å². The summed E-state index contributed by atoms with van der Waals surface area (Å²) in [5.41, 5.74) is -1.42. The van der Waals surface area contributed by atoms with Crippen LogP contribution >= 0.6 is 0 Å². The lowest BCUT2D eigenvalue weighted by molar-refractivity contribution is -0.133. The predicted octanol–water partition coefficient (Wildman–Crippen LogP) is 4.38. The van der Waals surface area contributed by atoms with Gasteiger partial charge < -0.3 is 10.0 Å². The highest BCUT2D eigenvalue weighted by atomic mass is 32.2. The molecule has 0 spiro atoms. The summed E-state index contributed by atoms with van der Waals surface area (Å²) in [6, 6.07) is 22.6. The Hall–Kier alpha value is -3.75. The highest BCUT2D eigenvalue weighted by molar-refractivity contribution is 7.89. The number of benzene rings is 3. The average Bonchev–Trinajstić information content (AvgIpc) is 3.07. The third-order valence-electron chi connectivity index (χ3n) is 7.18.